The van der Waals surface area contributed by atoms with Crippen LogP contribution in [0.3, 0.4) is 0 Å². The molecule has 3 rings (SSSR count). The first kappa shape index (κ1) is 19.1. The Morgan fingerprint density at radius 1 is 1.19 bits per heavy atom. The number of halogens is 2. The van der Waals surface area contributed by atoms with Crippen molar-refractivity contribution in [2.45, 2.75) is 20.8 Å². The molecule has 1 amide bonds. The number of carbonyl (C=O) groups is 1. The molecule has 0 fully saturated rings. The molecule has 2 aromatic heterocycles. The number of carbonyl (C=O) groups excluding carboxylic acids is 1. The maximum atomic E-state index is 12.0. The highest BCUT2D eigenvalue weighted by Crippen LogP contribution is 2.27. The molecule has 1 N–H and O–H groups in total. The highest BCUT2D eigenvalue weighted by Gasteiger charge is 2.12. The van der Waals surface area contributed by atoms with Crippen molar-refractivity contribution in [3.8, 4) is 11.7 Å². The van der Waals surface area contributed by atoms with Gasteiger partial charge in [0.25, 0.3) is 11.9 Å². The second-order valence-corrected chi connectivity index (χ2v) is 6.73. The van der Waals surface area contributed by atoms with Gasteiger partial charge < -0.3 is 10.1 Å². The van der Waals surface area contributed by atoms with Crippen LogP contribution in [0.1, 0.15) is 17.0 Å². The van der Waals surface area contributed by atoms with Crippen molar-refractivity contribution in [3.05, 3.63) is 57.6 Å². The van der Waals surface area contributed by atoms with Crippen molar-refractivity contribution >= 4 is 34.8 Å². The van der Waals surface area contributed by atoms with Gasteiger partial charge in [-0.3, -0.25) is 4.79 Å². The Labute approximate surface area is 166 Å². The van der Waals surface area contributed by atoms with E-state index in [0.29, 0.717) is 27.4 Å². The first-order valence-corrected chi connectivity index (χ1v) is 8.83. The van der Waals surface area contributed by atoms with Gasteiger partial charge in [-0.25, -0.2) is 14.6 Å². The van der Waals surface area contributed by atoms with Gasteiger partial charge >= 0.3 is 0 Å². The average molecular weight is 406 g/mol. The summed E-state index contributed by atoms with van der Waals surface area (Å²) in [7, 11) is 0. The van der Waals surface area contributed by atoms with Gasteiger partial charge in [0, 0.05) is 10.7 Å². The van der Waals surface area contributed by atoms with Gasteiger partial charge in [0.15, 0.2) is 6.61 Å². The van der Waals surface area contributed by atoms with E-state index >= 15 is 0 Å². The van der Waals surface area contributed by atoms with Crippen molar-refractivity contribution in [1.29, 1.82) is 0 Å². The van der Waals surface area contributed by atoms with E-state index in [9.17, 15) is 4.79 Å². The Balaban J connectivity index is 1.62. The summed E-state index contributed by atoms with van der Waals surface area (Å²) in [4.78, 5) is 20.6. The molecule has 0 bridgehead atoms. The minimum Gasteiger partial charge on any atom is -0.482 e. The number of aromatic nitrogens is 4. The molecule has 0 saturated carbocycles. The van der Waals surface area contributed by atoms with Gasteiger partial charge in [-0.1, -0.05) is 23.2 Å². The van der Waals surface area contributed by atoms with Crippen LogP contribution in [0.5, 0.6) is 5.75 Å². The Morgan fingerprint density at radius 3 is 2.48 bits per heavy atom. The standard InChI is InChI=1S/C18H17Cl2N5O2/c1-10-11(2)24-25(12(10)3)18-21-7-14(8-22-18)23-17(26)9-27-16-5-4-13(19)6-15(16)20/h4-8H,9H2,1-3H3,(H,23,26). The number of ether oxygens (including phenoxy) is 1. The molecule has 0 aliphatic heterocycles. The lowest BCUT2D eigenvalue weighted by Crippen LogP contribution is -2.20. The minimum absolute atomic E-state index is 0.209. The molecule has 3 aromatic rings. The predicted molar refractivity (Wildman–Crippen MR) is 104 cm³/mol. The van der Waals surface area contributed by atoms with E-state index in [-0.39, 0.29) is 12.5 Å². The molecule has 2 heterocycles. The van der Waals surface area contributed by atoms with Gasteiger partial charge in [-0.2, -0.15) is 5.10 Å². The summed E-state index contributed by atoms with van der Waals surface area (Å²) >= 11 is 11.8. The lowest BCUT2D eigenvalue weighted by atomic mass is 10.2. The predicted octanol–water partition coefficient (Wildman–Crippen LogP) is 3.91. The molecule has 0 radical (unpaired) electrons. The molecule has 0 aliphatic carbocycles. The van der Waals surface area contributed by atoms with Crippen molar-refractivity contribution in [2.24, 2.45) is 0 Å². The van der Waals surface area contributed by atoms with Crippen molar-refractivity contribution in [3.63, 3.8) is 0 Å². The fourth-order valence-electron chi connectivity index (χ4n) is 2.34. The summed E-state index contributed by atoms with van der Waals surface area (Å²) in [6.07, 6.45) is 3.03. The molecule has 7 nitrogen and oxygen atoms in total. The van der Waals surface area contributed by atoms with Gasteiger partial charge in [0.1, 0.15) is 5.75 Å². The number of amides is 1. The molecule has 0 spiro atoms. The Bertz CT molecular complexity index is 986. The Morgan fingerprint density at radius 2 is 1.89 bits per heavy atom. The number of hydrogen-bond acceptors (Lipinski definition) is 5. The highest BCUT2D eigenvalue weighted by molar-refractivity contribution is 6.35. The Kier molecular flexibility index (Phi) is 5.62. The molecule has 9 heteroatoms. The van der Waals surface area contributed by atoms with Crippen LogP contribution >= 0.6 is 23.2 Å². The first-order valence-electron chi connectivity index (χ1n) is 8.08. The summed E-state index contributed by atoms with van der Waals surface area (Å²) < 4.78 is 7.06. The number of rotatable bonds is 5. The molecule has 140 valence electrons. The summed E-state index contributed by atoms with van der Waals surface area (Å²) in [5.74, 6) is 0.452. The highest BCUT2D eigenvalue weighted by atomic mass is 35.5. The van der Waals surface area contributed by atoms with Crippen LogP contribution in [0.2, 0.25) is 10.0 Å². The smallest absolute Gasteiger partial charge is 0.262 e. The van der Waals surface area contributed by atoms with E-state index in [1.54, 1.807) is 22.9 Å². The fraction of sp³-hybridized carbons (Fsp3) is 0.222. The number of nitrogens with one attached hydrogen (secondary N) is 1. The van der Waals surface area contributed by atoms with Crippen molar-refractivity contribution < 1.29 is 9.53 Å². The molecule has 1 aromatic carbocycles. The second-order valence-electron chi connectivity index (χ2n) is 5.89. The third-order valence-corrected chi connectivity index (χ3v) is 4.55. The zero-order chi connectivity index (χ0) is 19.6. The minimum atomic E-state index is -0.362. The van der Waals surface area contributed by atoms with Crippen LogP contribution in [0, 0.1) is 20.8 Å². The van der Waals surface area contributed by atoms with E-state index in [1.165, 1.54) is 12.4 Å². The topological polar surface area (TPSA) is 81.9 Å². The second kappa shape index (κ2) is 7.94. The summed E-state index contributed by atoms with van der Waals surface area (Å²) in [6, 6.07) is 4.78. The van der Waals surface area contributed by atoms with Gasteiger partial charge in [0.2, 0.25) is 0 Å². The normalized spacial score (nSPS) is 10.7. The summed E-state index contributed by atoms with van der Waals surface area (Å²) in [5.41, 5.74) is 3.44. The van der Waals surface area contributed by atoms with E-state index < -0.39 is 0 Å². The van der Waals surface area contributed by atoms with Gasteiger partial charge in [-0.15, -0.1) is 0 Å². The largest absolute Gasteiger partial charge is 0.482 e. The molecule has 0 aliphatic rings. The summed E-state index contributed by atoms with van der Waals surface area (Å²) in [5, 5.41) is 7.90. The van der Waals surface area contributed by atoms with Crippen LogP contribution in [-0.4, -0.2) is 32.3 Å². The number of nitrogens with zero attached hydrogens (tertiary/aromatic N) is 4. The number of aryl methyl sites for hydroxylation is 1. The average Bonchev–Trinajstić information content (AvgIpc) is 2.89. The Hall–Kier alpha value is -2.64. The van der Waals surface area contributed by atoms with Crippen LogP contribution in [-0.2, 0) is 4.79 Å². The third-order valence-electron chi connectivity index (χ3n) is 4.02. The summed E-state index contributed by atoms with van der Waals surface area (Å²) in [6.45, 7) is 5.67. The van der Waals surface area contributed by atoms with Crippen LogP contribution < -0.4 is 10.1 Å². The lowest BCUT2D eigenvalue weighted by Gasteiger charge is -2.09. The van der Waals surface area contributed by atoms with Gasteiger partial charge in [0.05, 0.1) is 28.8 Å². The molecule has 27 heavy (non-hydrogen) atoms. The molecule has 0 atom stereocenters. The van der Waals surface area contributed by atoms with Gasteiger partial charge in [-0.05, 0) is 44.5 Å². The molecule has 0 unspecified atom stereocenters. The molecular weight excluding hydrogens is 389 g/mol. The fourth-order valence-corrected chi connectivity index (χ4v) is 2.81. The van der Waals surface area contributed by atoms with Crippen molar-refractivity contribution in [1.82, 2.24) is 19.7 Å². The lowest BCUT2D eigenvalue weighted by molar-refractivity contribution is -0.118. The van der Waals surface area contributed by atoms with Crippen LogP contribution in [0.15, 0.2) is 30.6 Å². The molecule has 0 saturated heterocycles. The third kappa shape index (κ3) is 4.37. The van der Waals surface area contributed by atoms with E-state index in [0.717, 1.165) is 17.0 Å². The maximum absolute atomic E-state index is 12.0. The molecular formula is C18H17Cl2N5O2. The van der Waals surface area contributed by atoms with E-state index in [2.05, 4.69) is 20.4 Å². The van der Waals surface area contributed by atoms with Crippen LogP contribution in [0.25, 0.3) is 5.95 Å². The van der Waals surface area contributed by atoms with E-state index in [1.807, 2.05) is 20.8 Å². The number of benzene rings is 1. The monoisotopic (exact) mass is 405 g/mol. The number of anilines is 1. The SMILES string of the molecule is Cc1nn(-c2ncc(NC(=O)COc3ccc(Cl)cc3Cl)cn2)c(C)c1C. The van der Waals surface area contributed by atoms with E-state index in [4.69, 9.17) is 27.9 Å². The number of hydrogen-bond donors (Lipinski definition) is 1. The zero-order valence-corrected chi connectivity index (χ0v) is 16.5. The maximum Gasteiger partial charge on any atom is 0.262 e. The van der Waals surface area contributed by atoms with Crippen molar-refractivity contribution in [2.75, 3.05) is 11.9 Å². The van der Waals surface area contributed by atoms with Crippen LogP contribution in [0.4, 0.5) is 5.69 Å². The quantitative estimate of drug-likeness (QED) is 0.695. The first-order chi connectivity index (χ1) is 12.8. The zero-order valence-electron chi connectivity index (χ0n) is 15.0.